The van der Waals surface area contributed by atoms with Crippen LogP contribution >= 0.6 is 0 Å². The normalized spacial score (nSPS) is 18.0. The van der Waals surface area contributed by atoms with E-state index in [1.54, 1.807) is 21.8 Å². The SMILES string of the molecule is Cn1cc(N2CCCC(NS(=O)(=O)c3cnn(-c4ccccc4)c3)C2)cn1. The van der Waals surface area contributed by atoms with E-state index in [4.69, 9.17) is 0 Å². The molecule has 0 amide bonds. The minimum atomic E-state index is -3.63. The molecule has 3 heterocycles. The first kappa shape index (κ1) is 17.7. The average molecular weight is 386 g/mol. The van der Waals surface area contributed by atoms with Crippen molar-refractivity contribution < 1.29 is 8.42 Å². The maximum atomic E-state index is 12.8. The highest BCUT2D eigenvalue weighted by atomic mass is 32.2. The molecule has 1 unspecified atom stereocenters. The van der Waals surface area contributed by atoms with Gasteiger partial charge in [-0.05, 0) is 25.0 Å². The van der Waals surface area contributed by atoms with E-state index in [9.17, 15) is 8.42 Å². The van der Waals surface area contributed by atoms with E-state index in [0.29, 0.717) is 6.54 Å². The maximum absolute atomic E-state index is 12.8. The van der Waals surface area contributed by atoms with Gasteiger partial charge >= 0.3 is 0 Å². The predicted molar refractivity (Wildman–Crippen MR) is 102 cm³/mol. The Morgan fingerprint density at radius 3 is 2.63 bits per heavy atom. The van der Waals surface area contributed by atoms with Crippen LogP contribution in [0.4, 0.5) is 5.69 Å². The van der Waals surface area contributed by atoms with Crippen molar-refractivity contribution in [2.75, 3.05) is 18.0 Å². The molecule has 3 aromatic rings. The molecule has 0 saturated carbocycles. The second-order valence-electron chi connectivity index (χ2n) is 6.73. The summed E-state index contributed by atoms with van der Waals surface area (Å²) >= 11 is 0. The Balaban J connectivity index is 1.47. The summed E-state index contributed by atoms with van der Waals surface area (Å²) in [5.41, 5.74) is 1.83. The standard InChI is InChI=1S/C18H22N6O2S/c1-22-13-17(10-19-22)23-9-5-6-15(12-23)21-27(25,26)18-11-20-24(14-18)16-7-3-2-4-8-16/h2-4,7-8,10-11,13-15,21H,5-6,9,12H2,1H3. The van der Waals surface area contributed by atoms with Crippen LogP contribution < -0.4 is 9.62 Å². The summed E-state index contributed by atoms with van der Waals surface area (Å²) in [4.78, 5) is 2.33. The van der Waals surface area contributed by atoms with Gasteiger partial charge in [-0.25, -0.2) is 17.8 Å². The first-order valence-corrected chi connectivity index (χ1v) is 10.4. The van der Waals surface area contributed by atoms with E-state index >= 15 is 0 Å². The van der Waals surface area contributed by atoms with Crippen LogP contribution in [0.2, 0.25) is 0 Å². The molecule has 0 spiro atoms. The van der Waals surface area contributed by atoms with Crippen molar-refractivity contribution >= 4 is 15.7 Å². The zero-order chi connectivity index (χ0) is 18.9. The second-order valence-corrected chi connectivity index (χ2v) is 8.45. The molecule has 142 valence electrons. The number of sulfonamides is 1. The molecule has 27 heavy (non-hydrogen) atoms. The highest BCUT2D eigenvalue weighted by Crippen LogP contribution is 2.20. The number of rotatable bonds is 5. The summed E-state index contributed by atoms with van der Waals surface area (Å²) in [7, 11) is -1.76. The van der Waals surface area contributed by atoms with Gasteiger partial charge in [-0.15, -0.1) is 0 Å². The highest BCUT2D eigenvalue weighted by molar-refractivity contribution is 7.89. The number of hydrogen-bond donors (Lipinski definition) is 1. The van der Waals surface area contributed by atoms with Gasteiger partial charge in [0.1, 0.15) is 4.90 Å². The molecule has 1 atom stereocenters. The zero-order valence-corrected chi connectivity index (χ0v) is 15.9. The lowest BCUT2D eigenvalue weighted by molar-refractivity contribution is 0.466. The fourth-order valence-electron chi connectivity index (χ4n) is 3.33. The Labute approximate surface area is 158 Å². The number of hydrogen-bond acceptors (Lipinski definition) is 5. The summed E-state index contributed by atoms with van der Waals surface area (Å²) < 4.78 is 31.7. The molecule has 0 radical (unpaired) electrons. The third kappa shape index (κ3) is 3.88. The lowest BCUT2D eigenvalue weighted by atomic mass is 10.1. The Morgan fingerprint density at radius 2 is 1.89 bits per heavy atom. The number of benzene rings is 1. The molecule has 1 aliphatic rings. The van der Waals surface area contributed by atoms with Crippen molar-refractivity contribution in [3.8, 4) is 5.69 Å². The Hall–Kier alpha value is -2.65. The van der Waals surface area contributed by atoms with Gasteiger partial charge in [0.05, 0.1) is 30.0 Å². The van der Waals surface area contributed by atoms with Crippen molar-refractivity contribution in [1.29, 1.82) is 0 Å². The molecular weight excluding hydrogens is 364 g/mol. The van der Waals surface area contributed by atoms with Crippen molar-refractivity contribution in [3.63, 3.8) is 0 Å². The number of para-hydroxylation sites is 1. The summed E-state index contributed by atoms with van der Waals surface area (Å²) in [5, 5.41) is 8.38. The summed E-state index contributed by atoms with van der Waals surface area (Å²) in [6.07, 6.45) is 8.41. The van der Waals surface area contributed by atoms with Gasteiger partial charge in [0.25, 0.3) is 0 Å². The van der Waals surface area contributed by atoms with Crippen LogP contribution in [-0.2, 0) is 17.1 Å². The van der Waals surface area contributed by atoms with Gasteiger partial charge in [0.15, 0.2) is 0 Å². The van der Waals surface area contributed by atoms with Gasteiger partial charge in [-0.2, -0.15) is 10.2 Å². The molecule has 0 aliphatic carbocycles. The number of nitrogens with zero attached hydrogens (tertiary/aromatic N) is 5. The first-order chi connectivity index (χ1) is 13.0. The van der Waals surface area contributed by atoms with Crippen LogP contribution in [0, 0.1) is 0 Å². The van der Waals surface area contributed by atoms with Crippen LogP contribution in [0.15, 0.2) is 60.0 Å². The number of piperidine rings is 1. The summed E-state index contributed by atoms with van der Waals surface area (Å²) in [6.45, 7) is 1.52. The van der Waals surface area contributed by atoms with Gasteiger partial charge in [0.2, 0.25) is 10.0 Å². The van der Waals surface area contributed by atoms with Crippen LogP contribution in [0.5, 0.6) is 0 Å². The fourth-order valence-corrected chi connectivity index (χ4v) is 4.53. The number of aromatic nitrogens is 4. The largest absolute Gasteiger partial charge is 0.367 e. The van der Waals surface area contributed by atoms with Crippen molar-refractivity contribution in [1.82, 2.24) is 24.3 Å². The lowest BCUT2D eigenvalue weighted by Crippen LogP contribution is -2.47. The van der Waals surface area contributed by atoms with Gasteiger partial charge < -0.3 is 4.90 Å². The van der Waals surface area contributed by atoms with E-state index in [2.05, 4.69) is 19.8 Å². The number of nitrogens with one attached hydrogen (secondary N) is 1. The lowest BCUT2D eigenvalue weighted by Gasteiger charge is -2.33. The predicted octanol–water partition coefficient (Wildman–Crippen LogP) is 1.55. The molecule has 1 aromatic carbocycles. The maximum Gasteiger partial charge on any atom is 0.244 e. The quantitative estimate of drug-likeness (QED) is 0.719. The molecule has 1 N–H and O–H groups in total. The molecule has 1 saturated heterocycles. The highest BCUT2D eigenvalue weighted by Gasteiger charge is 2.26. The molecule has 4 rings (SSSR count). The van der Waals surface area contributed by atoms with Crippen molar-refractivity contribution in [2.24, 2.45) is 7.05 Å². The number of anilines is 1. The van der Waals surface area contributed by atoms with Crippen LogP contribution in [-0.4, -0.2) is 47.1 Å². The van der Waals surface area contributed by atoms with Gasteiger partial charge in [0, 0.05) is 32.4 Å². The molecule has 2 aromatic heterocycles. The Morgan fingerprint density at radius 1 is 1.07 bits per heavy atom. The average Bonchev–Trinajstić information content (AvgIpc) is 3.32. The molecule has 1 aliphatic heterocycles. The Kier molecular flexibility index (Phi) is 4.71. The van der Waals surface area contributed by atoms with E-state index in [1.165, 1.54) is 6.20 Å². The smallest absolute Gasteiger partial charge is 0.244 e. The molecule has 9 heteroatoms. The number of aryl methyl sites for hydroxylation is 1. The third-order valence-corrected chi connectivity index (χ3v) is 6.16. The fraction of sp³-hybridized carbons (Fsp3) is 0.333. The van der Waals surface area contributed by atoms with Crippen molar-refractivity contribution in [3.05, 3.63) is 55.1 Å². The topological polar surface area (TPSA) is 85.0 Å². The van der Waals surface area contributed by atoms with Crippen LogP contribution in [0.3, 0.4) is 0 Å². The van der Waals surface area contributed by atoms with Crippen molar-refractivity contribution in [2.45, 2.75) is 23.8 Å². The summed E-state index contributed by atoms with van der Waals surface area (Å²) in [5.74, 6) is 0. The van der Waals surface area contributed by atoms with E-state index < -0.39 is 10.0 Å². The molecule has 8 nitrogen and oxygen atoms in total. The Bertz CT molecular complexity index is 1010. The third-order valence-electron chi connectivity index (χ3n) is 4.69. The van der Waals surface area contributed by atoms with Crippen LogP contribution in [0.1, 0.15) is 12.8 Å². The second kappa shape index (κ2) is 7.16. The van der Waals surface area contributed by atoms with Gasteiger partial charge in [-0.1, -0.05) is 18.2 Å². The van der Waals surface area contributed by atoms with Crippen LogP contribution in [0.25, 0.3) is 5.69 Å². The van der Waals surface area contributed by atoms with E-state index in [1.807, 2.05) is 43.6 Å². The molecule has 1 fully saturated rings. The molecular formula is C18H22N6O2S. The van der Waals surface area contributed by atoms with Gasteiger partial charge in [-0.3, -0.25) is 4.68 Å². The van der Waals surface area contributed by atoms with E-state index in [-0.39, 0.29) is 10.9 Å². The summed E-state index contributed by atoms with van der Waals surface area (Å²) in [6, 6.07) is 9.29. The minimum absolute atomic E-state index is 0.149. The van der Waals surface area contributed by atoms with E-state index in [0.717, 1.165) is 30.8 Å². The molecule has 0 bridgehead atoms. The minimum Gasteiger partial charge on any atom is -0.367 e. The first-order valence-electron chi connectivity index (χ1n) is 8.87. The zero-order valence-electron chi connectivity index (χ0n) is 15.1. The monoisotopic (exact) mass is 386 g/mol.